The Bertz CT molecular complexity index is 490. The molecule has 0 bridgehead atoms. The minimum absolute atomic E-state index is 0.351. The van der Waals surface area contributed by atoms with E-state index in [1.54, 1.807) is 0 Å². The second kappa shape index (κ2) is 4.37. The van der Waals surface area contributed by atoms with Gasteiger partial charge in [-0.05, 0) is 12.1 Å². The molecule has 1 unspecified atom stereocenters. The molecule has 16 heavy (non-hydrogen) atoms. The molecule has 0 saturated carbocycles. The molecule has 0 aliphatic carbocycles. The predicted molar refractivity (Wildman–Crippen MR) is 59.8 cm³/mol. The van der Waals surface area contributed by atoms with Crippen molar-refractivity contribution in [1.82, 2.24) is 5.32 Å². The maximum atomic E-state index is 8.98. The van der Waals surface area contributed by atoms with Crippen molar-refractivity contribution in [3.8, 4) is 12.1 Å². The lowest BCUT2D eigenvalue weighted by Crippen LogP contribution is -2.16. The summed E-state index contributed by atoms with van der Waals surface area (Å²) in [6.07, 6.45) is 0. The van der Waals surface area contributed by atoms with Crippen LogP contribution in [0.1, 0.15) is 0 Å². The van der Waals surface area contributed by atoms with Crippen molar-refractivity contribution in [3.05, 3.63) is 41.7 Å². The third kappa shape index (κ3) is 1.82. The molecule has 0 amide bonds. The number of nitriles is 2. The maximum absolute atomic E-state index is 8.98. The Morgan fingerprint density at radius 2 is 2.00 bits per heavy atom. The highest BCUT2D eigenvalue weighted by Crippen LogP contribution is 2.20. The first-order valence-electron chi connectivity index (χ1n) is 4.95. The average Bonchev–Trinajstić information content (AvgIpc) is 2.72. The van der Waals surface area contributed by atoms with Gasteiger partial charge in [0.1, 0.15) is 11.7 Å². The van der Waals surface area contributed by atoms with Crippen LogP contribution in [0.5, 0.6) is 0 Å². The predicted octanol–water partition coefficient (Wildman–Crippen LogP) is 1.58. The number of rotatable bonds is 2. The number of hydrogen-bond donors (Lipinski definition) is 2. The van der Waals surface area contributed by atoms with E-state index in [0.29, 0.717) is 17.9 Å². The van der Waals surface area contributed by atoms with E-state index >= 15 is 0 Å². The maximum Gasteiger partial charge on any atom is 0.119 e. The smallest absolute Gasteiger partial charge is 0.119 e. The summed E-state index contributed by atoms with van der Waals surface area (Å²) < 4.78 is 0. The monoisotopic (exact) mass is 210 g/mol. The third-order valence-electron chi connectivity index (χ3n) is 2.42. The molecule has 4 nitrogen and oxygen atoms in total. The zero-order chi connectivity index (χ0) is 11.4. The Morgan fingerprint density at radius 1 is 1.25 bits per heavy atom. The fraction of sp³-hybridized carbons (Fsp3) is 0.167. The van der Waals surface area contributed by atoms with E-state index in [9.17, 15) is 0 Å². The number of nitrogens with zero attached hydrogens (tertiary/aromatic N) is 2. The van der Waals surface area contributed by atoms with Gasteiger partial charge in [-0.2, -0.15) is 10.5 Å². The molecule has 1 heterocycles. The minimum atomic E-state index is -0.351. The quantitative estimate of drug-likeness (QED) is 0.777. The van der Waals surface area contributed by atoms with Crippen LogP contribution >= 0.6 is 0 Å². The molecule has 0 radical (unpaired) electrons. The normalized spacial score (nSPS) is 18.5. The number of para-hydroxylation sites is 1. The first-order valence-corrected chi connectivity index (χ1v) is 4.95. The SMILES string of the molecule is N#CC1=C(Nc2ccccc2)NCC1C#N. The van der Waals surface area contributed by atoms with E-state index in [4.69, 9.17) is 10.5 Å². The fourth-order valence-electron chi connectivity index (χ4n) is 1.60. The largest absolute Gasteiger partial charge is 0.369 e. The van der Waals surface area contributed by atoms with Crippen molar-refractivity contribution in [2.45, 2.75) is 0 Å². The molecule has 0 spiro atoms. The Hall–Kier alpha value is -2.46. The molecule has 1 aromatic rings. The summed E-state index contributed by atoms with van der Waals surface area (Å²) in [5, 5.41) is 24.0. The average molecular weight is 210 g/mol. The summed E-state index contributed by atoms with van der Waals surface area (Å²) >= 11 is 0. The molecule has 2 rings (SSSR count). The van der Waals surface area contributed by atoms with Gasteiger partial charge in [-0.1, -0.05) is 18.2 Å². The standard InChI is InChI=1S/C12H10N4/c13-6-9-8-15-12(11(9)7-14)16-10-4-2-1-3-5-10/h1-5,9,15-16H,8H2. The van der Waals surface area contributed by atoms with Crippen LogP contribution in [0, 0.1) is 28.6 Å². The van der Waals surface area contributed by atoms with Crippen LogP contribution in [-0.2, 0) is 0 Å². The molecule has 4 heteroatoms. The van der Waals surface area contributed by atoms with Crippen LogP contribution in [0.3, 0.4) is 0 Å². The fourth-order valence-corrected chi connectivity index (χ4v) is 1.60. The van der Waals surface area contributed by atoms with Crippen LogP contribution in [0.25, 0.3) is 0 Å². The van der Waals surface area contributed by atoms with E-state index in [1.807, 2.05) is 30.3 Å². The van der Waals surface area contributed by atoms with E-state index in [0.717, 1.165) is 5.69 Å². The van der Waals surface area contributed by atoms with E-state index in [1.165, 1.54) is 0 Å². The van der Waals surface area contributed by atoms with Crippen LogP contribution in [0.15, 0.2) is 41.7 Å². The van der Waals surface area contributed by atoms with Crippen molar-refractivity contribution in [1.29, 1.82) is 10.5 Å². The van der Waals surface area contributed by atoms with E-state index in [-0.39, 0.29) is 5.92 Å². The topological polar surface area (TPSA) is 71.6 Å². The second-order valence-corrected chi connectivity index (χ2v) is 3.45. The minimum Gasteiger partial charge on any atom is -0.369 e. The van der Waals surface area contributed by atoms with Crippen LogP contribution < -0.4 is 10.6 Å². The highest BCUT2D eigenvalue weighted by molar-refractivity contribution is 5.52. The summed E-state index contributed by atoms with van der Waals surface area (Å²) in [5.74, 6) is 0.288. The van der Waals surface area contributed by atoms with Gasteiger partial charge in [0.05, 0.1) is 17.7 Å². The molecule has 1 aromatic carbocycles. The molecule has 0 fully saturated rings. The van der Waals surface area contributed by atoms with Crippen molar-refractivity contribution < 1.29 is 0 Å². The van der Waals surface area contributed by atoms with Gasteiger partial charge >= 0.3 is 0 Å². The Labute approximate surface area is 93.8 Å². The molecule has 0 saturated heterocycles. The van der Waals surface area contributed by atoms with E-state index in [2.05, 4.69) is 22.8 Å². The van der Waals surface area contributed by atoms with Gasteiger partial charge in [0, 0.05) is 12.2 Å². The summed E-state index contributed by atoms with van der Waals surface area (Å²) in [6.45, 7) is 0.495. The Kier molecular flexibility index (Phi) is 2.75. The molecular formula is C12H10N4. The van der Waals surface area contributed by atoms with Gasteiger partial charge < -0.3 is 10.6 Å². The van der Waals surface area contributed by atoms with Gasteiger partial charge in [0.2, 0.25) is 0 Å². The van der Waals surface area contributed by atoms with Gasteiger partial charge in [-0.25, -0.2) is 0 Å². The highest BCUT2D eigenvalue weighted by atomic mass is 15.1. The van der Waals surface area contributed by atoms with Gasteiger partial charge in [0.15, 0.2) is 0 Å². The number of nitrogens with one attached hydrogen (secondary N) is 2. The number of anilines is 1. The molecular weight excluding hydrogens is 200 g/mol. The highest BCUT2D eigenvalue weighted by Gasteiger charge is 2.25. The van der Waals surface area contributed by atoms with Gasteiger partial charge in [-0.15, -0.1) is 0 Å². The van der Waals surface area contributed by atoms with Crippen LogP contribution in [-0.4, -0.2) is 6.54 Å². The molecule has 0 aromatic heterocycles. The zero-order valence-electron chi connectivity index (χ0n) is 8.57. The van der Waals surface area contributed by atoms with Crippen molar-refractivity contribution in [2.75, 3.05) is 11.9 Å². The lowest BCUT2D eigenvalue weighted by molar-refractivity contribution is 0.776. The first-order chi connectivity index (χ1) is 7.85. The lowest BCUT2D eigenvalue weighted by atomic mass is 10.1. The molecule has 1 aliphatic rings. The van der Waals surface area contributed by atoms with Gasteiger partial charge in [0.25, 0.3) is 0 Å². The zero-order valence-corrected chi connectivity index (χ0v) is 8.57. The van der Waals surface area contributed by atoms with E-state index < -0.39 is 0 Å². The molecule has 78 valence electrons. The first kappa shape index (κ1) is 10.1. The van der Waals surface area contributed by atoms with Crippen molar-refractivity contribution in [3.63, 3.8) is 0 Å². The second-order valence-electron chi connectivity index (χ2n) is 3.45. The van der Waals surface area contributed by atoms with Crippen molar-refractivity contribution >= 4 is 5.69 Å². The number of hydrogen-bond acceptors (Lipinski definition) is 4. The summed E-state index contributed by atoms with van der Waals surface area (Å²) in [4.78, 5) is 0. The molecule has 1 atom stereocenters. The molecule has 2 N–H and O–H groups in total. The summed E-state index contributed by atoms with van der Waals surface area (Å²) in [6, 6.07) is 13.7. The van der Waals surface area contributed by atoms with Crippen molar-refractivity contribution in [2.24, 2.45) is 5.92 Å². The van der Waals surface area contributed by atoms with Crippen LogP contribution in [0.4, 0.5) is 5.69 Å². The van der Waals surface area contributed by atoms with Gasteiger partial charge in [-0.3, -0.25) is 0 Å². The Morgan fingerprint density at radius 3 is 2.62 bits per heavy atom. The number of benzene rings is 1. The summed E-state index contributed by atoms with van der Waals surface area (Å²) in [5.41, 5.74) is 1.38. The Balaban J connectivity index is 2.23. The molecule has 1 aliphatic heterocycles. The third-order valence-corrected chi connectivity index (χ3v) is 2.42. The summed E-state index contributed by atoms with van der Waals surface area (Å²) in [7, 11) is 0. The lowest BCUT2D eigenvalue weighted by Gasteiger charge is -2.07. The van der Waals surface area contributed by atoms with Crippen LogP contribution in [0.2, 0.25) is 0 Å².